The Morgan fingerprint density at radius 2 is 1.80 bits per heavy atom. The number of amides is 1. The lowest BCUT2D eigenvalue weighted by atomic mass is 10.1. The Bertz CT molecular complexity index is 715. The van der Waals surface area contributed by atoms with Crippen LogP contribution in [0, 0.1) is 0 Å². The number of hydrogen-bond donors (Lipinski definition) is 2. The lowest BCUT2D eigenvalue weighted by Crippen LogP contribution is -2.16. The number of aromatic nitrogens is 1. The van der Waals surface area contributed by atoms with Crippen LogP contribution in [0.3, 0.4) is 0 Å². The molecular formula is C15H14N2O3. The summed E-state index contributed by atoms with van der Waals surface area (Å²) < 4.78 is 0. The average Bonchev–Trinajstić information content (AvgIpc) is 2.46. The van der Waals surface area contributed by atoms with Gasteiger partial charge in [0.25, 0.3) is 5.91 Å². The third-order valence-electron chi connectivity index (χ3n) is 3.10. The maximum absolute atomic E-state index is 12.0. The Hall–Kier alpha value is -2.69. The predicted octanol–water partition coefficient (Wildman–Crippen LogP) is 2.59. The van der Waals surface area contributed by atoms with Crippen molar-refractivity contribution in [3.05, 3.63) is 47.7 Å². The van der Waals surface area contributed by atoms with Crippen molar-refractivity contribution in [1.29, 1.82) is 0 Å². The molecule has 102 valence electrons. The van der Waals surface area contributed by atoms with Gasteiger partial charge in [-0.1, -0.05) is 18.2 Å². The molecule has 0 aliphatic heterocycles. The van der Waals surface area contributed by atoms with Crippen molar-refractivity contribution in [3.8, 4) is 0 Å². The molecule has 1 aromatic carbocycles. The smallest absolute Gasteiger partial charge is 0.331 e. The number of nitrogens with zero attached hydrogens (tertiary/aromatic N) is 1. The van der Waals surface area contributed by atoms with Gasteiger partial charge < -0.3 is 10.4 Å². The van der Waals surface area contributed by atoms with Crippen LogP contribution in [0.5, 0.6) is 0 Å². The maximum Gasteiger partial charge on any atom is 0.331 e. The van der Waals surface area contributed by atoms with E-state index in [1.165, 1.54) is 13.8 Å². The van der Waals surface area contributed by atoms with Crippen LogP contribution >= 0.6 is 0 Å². The van der Waals surface area contributed by atoms with Crippen molar-refractivity contribution in [2.45, 2.75) is 13.8 Å². The van der Waals surface area contributed by atoms with Crippen molar-refractivity contribution in [2.75, 3.05) is 5.32 Å². The fourth-order valence-corrected chi connectivity index (χ4v) is 1.75. The van der Waals surface area contributed by atoms with Gasteiger partial charge in [-0.3, -0.25) is 9.78 Å². The van der Waals surface area contributed by atoms with Gasteiger partial charge in [0.2, 0.25) is 0 Å². The molecule has 5 nitrogen and oxygen atoms in total. The van der Waals surface area contributed by atoms with Crippen molar-refractivity contribution in [1.82, 2.24) is 4.98 Å². The van der Waals surface area contributed by atoms with E-state index in [1.807, 2.05) is 24.3 Å². The Morgan fingerprint density at radius 1 is 1.10 bits per heavy atom. The molecular weight excluding hydrogens is 256 g/mol. The summed E-state index contributed by atoms with van der Waals surface area (Å²) in [7, 11) is 0. The maximum atomic E-state index is 12.0. The molecule has 1 aromatic heterocycles. The summed E-state index contributed by atoms with van der Waals surface area (Å²) in [5.74, 6) is -1.54. The normalized spacial score (nSPS) is 11.9. The number of pyridine rings is 1. The topological polar surface area (TPSA) is 79.3 Å². The number of benzene rings is 1. The molecule has 1 heterocycles. The summed E-state index contributed by atoms with van der Waals surface area (Å²) in [5, 5.41) is 12.5. The summed E-state index contributed by atoms with van der Waals surface area (Å²) in [6.45, 7) is 2.88. The van der Waals surface area contributed by atoms with Gasteiger partial charge in [-0.05, 0) is 26.0 Å². The van der Waals surface area contributed by atoms with Crippen molar-refractivity contribution in [2.24, 2.45) is 0 Å². The summed E-state index contributed by atoms with van der Waals surface area (Å²) in [4.78, 5) is 27.1. The number of carboxylic acid groups (broad SMARTS) is 1. The first-order valence-electron chi connectivity index (χ1n) is 6.06. The van der Waals surface area contributed by atoms with E-state index >= 15 is 0 Å². The van der Waals surface area contributed by atoms with E-state index in [-0.39, 0.29) is 11.1 Å². The molecule has 0 aliphatic carbocycles. The van der Waals surface area contributed by atoms with Crippen LogP contribution in [0.1, 0.15) is 13.8 Å². The number of anilines is 1. The van der Waals surface area contributed by atoms with Gasteiger partial charge in [-0.15, -0.1) is 0 Å². The molecule has 20 heavy (non-hydrogen) atoms. The first-order valence-corrected chi connectivity index (χ1v) is 6.06. The van der Waals surface area contributed by atoms with Crippen molar-refractivity contribution in [3.63, 3.8) is 0 Å². The second-order valence-corrected chi connectivity index (χ2v) is 4.39. The number of fused-ring (bicyclic) bond motifs is 1. The molecule has 2 N–H and O–H groups in total. The van der Waals surface area contributed by atoms with E-state index in [2.05, 4.69) is 10.3 Å². The third-order valence-corrected chi connectivity index (χ3v) is 3.10. The molecule has 0 atom stereocenters. The largest absolute Gasteiger partial charge is 0.478 e. The molecule has 0 spiro atoms. The zero-order valence-electron chi connectivity index (χ0n) is 11.2. The Morgan fingerprint density at radius 3 is 2.50 bits per heavy atom. The lowest BCUT2D eigenvalue weighted by Gasteiger charge is -2.09. The molecule has 0 saturated heterocycles. The van der Waals surface area contributed by atoms with Gasteiger partial charge in [-0.2, -0.15) is 0 Å². The highest BCUT2D eigenvalue weighted by molar-refractivity contribution is 6.10. The van der Waals surface area contributed by atoms with Gasteiger partial charge in [0.1, 0.15) is 0 Å². The zero-order chi connectivity index (χ0) is 14.7. The lowest BCUT2D eigenvalue weighted by molar-refractivity contribution is -0.133. The first-order chi connectivity index (χ1) is 9.50. The molecule has 5 heteroatoms. The van der Waals surface area contributed by atoms with Gasteiger partial charge in [-0.25, -0.2) is 4.79 Å². The molecule has 0 bridgehead atoms. The SMILES string of the molecule is C/C(C(=O)O)=C(\C)C(=O)Nc1cccc2cccnc12. The number of carboxylic acids is 1. The Kier molecular flexibility index (Phi) is 3.79. The number of para-hydroxylation sites is 1. The number of carbonyl (C=O) groups excluding carboxylic acids is 1. The summed E-state index contributed by atoms with van der Waals surface area (Å²) in [5.41, 5.74) is 1.43. The average molecular weight is 270 g/mol. The standard InChI is InChI=1S/C15H14N2O3/c1-9(10(2)15(19)20)14(18)17-12-7-3-5-11-6-4-8-16-13(11)12/h3-8H,1-2H3,(H,17,18)(H,19,20)/b10-9-. The van der Waals surface area contributed by atoms with Gasteiger partial charge in [0, 0.05) is 22.7 Å². The van der Waals surface area contributed by atoms with Crippen molar-refractivity contribution >= 4 is 28.5 Å². The fourth-order valence-electron chi connectivity index (χ4n) is 1.75. The van der Waals surface area contributed by atoms with Gasteiger partial charge in [0.15, 0.2) is 0 Å². The number of nitrogens with one attached hydrogen (secondary N) is 1. The van der Waals surface area contributed by atoms with Crippen LogP contribution < -0.4 is 5.32 Å². The van der Waals surface area contributed by atoms with Crippen LogP contribution in [0.25, 0.3) is 10.9 Å². The van der Waals surface area contributed by atoms with E-state index in [9.17, 15) is 9.59 Å². The van der Waals surface area contributed by atoms with Crippen LogP contribution in [0.4, 0.5) is 5.69 Å². The highest BCUT2D eigenvalue weighted by atomic mass is 16.4. The van der Waals surface area contributed by atoms with Gasteiger partial charge in [0.05, 0.1) is 11.2 Å². The molecule has 2 aromatic rings. The molecule has 1 amide bonds. The van der Waals surface area contributed by atoms with E-state index in [4.69, 9.17) is 5.11 Å². The third kappa shape index (κ3) is 2.66. The summed E-state index contributed by atoms with van der Waals surface area (Å²) in [6.07, 6.45) is 1.64. The van der Waals surface area contributed by atoms with Gasteiger partial charge >= 0.3 is 5.97 Å². The van der Waals surface area contributed by atoms with E-state index in [1.54, 1.807) is 12.3 Å². The van der Waals surface area contributed by atoms with Crippen LogP contribution in [0.2, 0.25) is 0 Å². The monoisotopic (exact) mass is 270 g/mol. The molecule has 0 radical (unpaired) electrons. The highest BCUT2D eigenvalue weighted by Crippen LogP contribution is 2.21. The Balaban J connectivity index is 2.36. The van der Waals surface area contributed by atoms with Crippen LogP contribution in [0.15, 0.2) is 47.7 Å². The number of hydrogen-bond acceptors (Lipinski definition) is 3. The summed E-state index contributed by atoms with van der Waals surface area (Å²) >= 11 is 0. The minimum absolute atomic E-state index is 0.0238. The van der Waals surface area contributed by atoms with E-state index in [0.29, 0.717) is 11.2 Å². The van der Waals surface area contributed by atoms with Crippen LogP contribution in [-0.2, 0) is 9.59 Å². The first kappa shape index (κ1) is 13.7. The fraction of sp³-hybridized carbons (Fsp3) is 0.133. The minimum Gasteiger partial charge on any atom is -0.478 e. The molecule has 0 aliphatic rings. The zero-order valence-corrected chi connectivity index (χ0v) is 11.2. The van der Waals surface area contributed by atoms with E-state index < -0.39 is 11.9 Å². The Labute approximate surface area is 115 Å². The molecule has 0 fully saturated rings. The second-order valence-electron chi connectivity index (χ2n) is 4.39. The van der Waals surface area contributed by atoms with E-state index in [0.717, 1.165) is 5.39 Å². The predicted molar refractivity (Wildman–Crippen MR) is 76.4 cm³/mol. The number of aliphatic carboxylic acids is 1. The molecule has 0 unspecified atom stereocenters. The minimum atomic E-state index is -1.10. The highest BCUT2D eigenvalue weighted by Gasteiger charge is 2.13. The summed E-state index contributed by atoms with van der Waals surface area (Å²) in [6, 6.07) is 9.14. The quantitative estimate of drug-likeness (QED) is 0.840. The second kappa shape index (κ2) is 5.52. The number of rotatable bonds is 3. The molecule has 2 rings (SSSR count). The van der Waals surface area contributed by atoms with Crippen LogP contribution in [-0.4, -0.2) is 22.0 Å². The van der Waals surface area contributed by atoms with Crippen molar-refractivity contribution < 1.29 is 14.7 Å². The molecule has 0 saturated carbocycles. The number of carbonyl (C=O) groups is 2.